The van der Waals surface area contributed by atoms with Gasteiger partial charge in [0.1, 0.15) is 10.5 Å². The minimum absolute atomic E-state index is 0.128. The SMILES string of the molecule is O=[N+]([O-])c1cccc(/C=C/C(c2ccc(Cl)cc2)S(=O)(=O)C(/C=C/c2cccc([N+](=O)[O-])c2)c2ccc(Cl)cc2)c1. The van der Waals surface area contributed by atoms with Crippen molar-refractivity contribution in [3.63, 3.8) is 0 Å². The van der Waals surface area contributed by atoms with Crippen LogP contribution in [0.5, 0.6) is 0 Å². The molecule has 2 atom stereocenters. The van der Waals surface area contributed by atoms with Gasteiger partial charge in [0, 0.05) is 34.3 Å². The van der Waals surface area contributed by atoms with Crippen molar-refractivity contribution in [3.8, 4) is 0 Å². The van der Waals surface area contributed by atoms with Crippen molar-refractivity contribution in [1.29, 1.82) is 0 Å². The summed E-state index contributed by atoms with van der Waals surface area (Å²) in [5.41, 5.74) is 1.50. The highest BCUT2D eigenvalue weighted by molar-refractivity contribution is 7.92. The van der Waals surface area contributed by atoms with Crippen LogP contribution in [0.25, 0.3) is 12.2 Å². The van der Waals surface area contributed by atoms with E-state index in [0.29, 0.717) is 32.3 Å². The average Bonchev–Trinajstić information content (AvgIpc) is 2.95. The molecule has 0 bridgehead atoms. The number of nitro benzene ring substituents is 2. The first-order valence-corrected chi connectivity index (χ1v) is 14.5. The van der Waals surface area contributed by atoms with E-state index in [1.807, 2.05) is 0 Å². The monoisotopic (exact) mass is 608 g/mol. The number of halogens is 2. The molecule has 8 nitrogen and oxygen atoms in total. The molecule has 0 saturated carbocycles. The molecule has 0 aromatic heterocycles. The molecule has 208 valence electrons. The van der Waals surface area contributed by atoms with Crippen molar-refractivity contribution in [2.45, 2.75) is 10.5 Å². The lowest BCUT2D eigenvalue weighted by atomic mass is 10.1. The van der Waals surface area contributed by atoms with E-state index in [2.05, 4.69) is 0 Å². The molecule has 0 aliphatic carbocycles. The Kier molecular flexibility index (Phi) is 9.34. The zero-order valence-electron chi connectivity index (χ0n) is 21.2. The highest BCUT2D eigenvalue weighted by Gasteiger charge is 2.33. The number of hydrogen-bond acceptors (Lipinski definition) is 6. The van der Waals surface area contributed by atoms with Gasteiger partial charge in [0.2, 0.25) is 0 Å². The molecule has 4 aromatic carbocycles. The molecular weight excluding hydrogens is 587 g/mol. The zero-order valence-corrected chi connectivity index (χ0v) is 23.5. The normalized spacial score (nSPS) is 13.3. The van der Waals surface area contributed by atoms with Crippen molar-refractivity contribution < 1.29 is 18.3 Å². The first kappa shape index (κ1) is 29.7. The molecule has 0 amide bonds. The van der Waals surface area contributed by atoms with Gasteiger partial charge in [0.05, 0.1) is 9.85 Å². The van der Waals surface area contributed by atoms with Crippen molar-refractivity contribution in [1.82, 2.24) is 0 Å². The molecule has 0 radical (unpaired) electrons. The van der Waals surface area contributed by atoms with Crippen LogP contribution >= 0.6 is 23.2 Å². The van der Waals surface area contributed by atoms with E-state index >= 15 is 0 Å². The quantitative estimate of drug-likeness (QED) is 0.131. The van der Waals surface area contributed by atoms with E-state index in [-0.39, 0.29) is 11.4 Å². The van der Waals surface area contributed by atoms with Gasteiger partial charge in [-0.1, -0.05) is 96.0 Å². The number of hydrogen-bond donors (Lipinski definition) is 0. The highest BCUT2D eigenvalue weighted by atomic mass is 35.5. The Bertz CT molecular complexity index is 1610. The number of nitro groups is 2. The van der Waals surface area contributed by atoms with Crippen molar-refractivity contribution >= 4 is 56.6 Å². The summed E-state index contributed by atoms with van der Waals surface area (Å²) in [5.74, 6) is 0. The maximum Gasteiger partial charge on any atom is 0.270 e. The van der Waals surface area contributed by atoms with Crippen molar-refractivity contribution in [2.24, 2.45) is 0 Å². The van der Waals surface area contributed by atoms with Gasteiger partial charge in [-0.25, -0.2) is 8.42 Å². The summed E-state index contributed by atoms with van der Waals surface area (Å²) in [6.07, 6.45) is 5.99. The molecule has 0 spiro atoms. The van der Waals surface area contributed by atoms with Crippen molar-refractivity contribution in [2.75, 3.05) is 0 Å². The van der Waals surface area contributed by atoms with Gasteiger partial charge in [0.15, 0.2) is 9.84 Å². The molecule has 4 aromatic rings. The zero-order chi connectivity index (χ0) is 29.6. The van der Waals surface area contributed by atoms with E-state index in [9.17, 15) is 28.6 Å². The number of nitrogens with zero attached hydrogens (tertiary/aromatic N) is 2. The molecule has 41 heavy (non-hydrogen) atoms. The number of sulfone groups is 1. The summed E-state index contributed by atoms with van der Waals surface area (Å²) in [6.45, 7) is 0. The molecular formula is C30H22Cl2N2O6S. The standard InChI is InChI=1S/C30H22Cl2N2O6S/c31-25-13-9-23(10-14-25)29(17-7-21-3-1-5-27(19-21)33(35)36)41(39,40)30(24-11-15-26(32)16-12-24)18-8-22-4-2-6-28(20-22)34(37)38/h1-20,29-30H/b17-7+,18-8+. The van der Waals surface area contributed by atoms with Crippen LogP contribution in [0.15, 0.2) is 109 Å². The van der Waals surface area contributed by atoms with E-state index < -0.39 is 30.2 Å². The van der Waals surface area contributed by atoms with Crippen LogP contribution in [0.4, 0.5) is 11.4 Å². The minimum atomic E-state index is -4.12. The summed E-state index contributed by atoms with van der Waals surface area (Å²) >= 11 is 12.1. The molecule has 2 unspecified atom stereocenters. The Morgan fingerprint density at radius 2 is 0.976 bits per heavy atom. The lowest BCUT2D eigenvalue weighted by molar-refractivity contribution is -0.385. The van der Waals surface area contributed by atoms with E-state index in [4.69, 9.17) is 23.2 Å². The van der Waals surface area contributed by atoms with Crippen LogP contribution in [0.1, 0.15) is 32.8 Å². The van der Waals surface area contributed by atoms with Gasteiger partial charge in [0.25, 0.3) is 11.4 Å². The number of rotatable bonds is 10. The molecule has 11 heteroatoms. The van der Waals surface area contributed by atoms with Crippen molar-refractivity contribution in [3.05, 3.63) is 162 Å². The Morgan fingerprint density at radius 1 is 0.610 bits per heavy atom. The van der Waals surface area contributed by atoms with Gasteiger partial charge in [-0.15, -0.1) is 0 Å². The fraction of sp³-hybridized carbons (Fsp3) is 0.0667. The molecule has 0 N–H and O–H groups in total. The lowest BCUT2D eigenvalue weighted by Gasteiger charge is -2.22. The molecule has 0 aliphatic rings. The first-order chi connectivity index (χ1) is 19.5. The van der Waals surface area contributed by atoms with Gasteiger partial charge in [-0.05, 0) is 46.5 Å². The Labute approximate surface area is 246 Å². The van der Waals surface area contributed by atoms with E-state index in [0.717, 1.165) is 0 Å². The second-order valence-electron chi connectivity index (χ2n) is 8.96. The van der Waals surface area contributed by atoms with Gasteiger partial charge in [-0.3, -0.25) is 20.2 Å². The molecule has 4 rings (SSSR count). The second kappa shape index (κ2) is 12.9. The average molecular weight is 609 g/mol. The third kappa shape index (κ3) is 7.46. The van der Waals surface area contributed by atoms with Gasteiger partial charge < -0.3 is 0 Å². The topological polar surface area (TPSA) is 120 Å². The van der Waals surface area contributed by atoms with Gasteiger partial charge in [-0.2, -0.15) is 0 Å². The Morgan fingerprint density at radius 3 is 1.32 bits per heavy atom. The fourth-order valence-electron chi connectivity index (χ4n) is 4.16. The number of benzene rings is 4. The lowest BCUT2D eigenvalue weighted by Crippen LogP contribution is -2.19. The maximum absolute atomic E-state index is 14.4. The molecule has 0 saturated heterocycles. The fourth-order valence-corrected chi connectivity index (χ4v) is 6.40. The van der Waals surface area contributed by atoms with E-state index in [1.165, 1.54) is 60.7 Å². The third-order valence-electron chi connectivity index (χ3n) is 6.19. The third-order valence-corrected chi connectivity index (χ3v) is 8.97. The minimum Gasteiger partial charge on any atom is -0.258 e. The first-order valence-electron chi connectivity index (χ1n) is 12.1. The van der Waals surface area contributed by atoms with Crippen LogP contribution in [0, 0.1) is 20.2 Å². The van der Waals surface area contributed by atoms with Crippen LogP contribution in [-0.4, -0.2) is 18.3 Å². The summed E-state index contributed by atoms with van der Waals surface area (Å²) in [4.78, 5) is 21.4. The Balaban J connectivity index is 1.83. The Hall–Kier alpha value is -4.31. The van der Waals surface area contributed by atoms with Crippen LogP contribution in [-0.2, 0) is 9.84 Å². The predicted molar refractivity (Wildman–Crippen MR) is 162 cm³/mol. The predicted octanol–water partition coefficient (Wildman–Crippen LogP) is 8.43. The molecule has 0 heterocycles. The largest absolute Gasteiger partial charge is 0.270 e. The molecule has 0 fully saturated rings. The molecule has 0 aliphatic heterocycles. The number of non-ortho nitro benzene ring substituents is 2. The summed E-state index contributed by atoms with van der Waals surface area (Å²) < 4.78 is 28.8. The second-order valence-corrected chi connectivity index (χ2v) is 12.0. The van der Waals surface area contributed by atoms with Crippen LogP contribution in [0.3, 0.4) is 0 Å². The smallest absolute Gasteiger partial charge is 0.258 e. The maximum atomic E-state index is 14.4. The van der Waals surface area contributed by atoms with Crippen LogP contribution < -0.4 is 0 Å². The highest BCUT2D eigenvalue weighted by Crippen LogP contribution is 2.38. The summed E-state index contributed by atoms with van der Waals surface area (Å²) in [5, 5.41) is 21.0. The van der Waals surface area contributed by atoms with Gasteiger partial charge >= 0.3 is 0 Å². The van der Waals surface area contributed by atoms with E-state index in [1.54, 1.807) is 60.7 Å². The van der Waals surface area contributed by atoms with Crippen LogP contribution in [0.2, 0.25) is 10.0 Å². The summed E-state index contributed by atoms with van der Waals surface area (Å²) in [6, 6.07) is 24.4. The summed E-state index contributed by atoms with van der Waals surface area (Å²) in [7, 11) is -4.12.